The molecule has 88 valence electrons. The van der Waals surface area contributed by atoms with E-state index >= 15 is 0 Å². The Labute approximate surface area is 114 Å². The Morgan fingerprint density at radius 1 is 1.24 bits per heavy atom. The molecule has 0 unspecified atom stereocenters. The maximum Gasteiger partial charge on any atom is 0.115 e. The van der Waals surface area contributed by atoms with Gasteiger partial charge < -0.3 is 5.73 Å². The zero-order valence-corrected chi connectivity index (χ0v) is 11.8. The van der Waals surface area contributed by atoms with Gasteiger partial charge in [-0.15, -0.1) is 0 Å². The first-order chi connectivity index (χ1) is 8.16. The molecule has 1 heterocycles. The highest BCUT2D eigenvalue weighted by molar-refractivity contribution is 9.10. The van der Waals surface area contributed by atoms with Crippen molar-refractivity contribution in [1.82, 2.24) is 4.98 Å². The van der Waals surface area contributed by atoms with Crippen LogP contribution in [0.1, 0.15) is 18.5 Å². The standard InChI is InChI=1S/C13H13BrN2S/c1-9(15)10-4-6-11(7-5-10)17-13-12(14)3-2-8-16-13/h2-9H,15H2,1H3/t9-/m0/s1. The topological polar surface area (TPSA) is 38.9 Å². The number of nitrogens with two attached hydrogens (primary N) is 1. The number of halogens is 1. The molecule has 0 aliphatic rings. The number of rotatable bonds is 3. The number of benzene rings is 1. The van der Waals surface area contributed by atoms with Gasteiger partial charge >= 0.3 is 0 Å². The summed E-state index contributed by atoms with van der Waals surface area (Å²) in [4.78, 5) is 5.48. The fraction of sp³-hybridized carbons (Fsp3) is 0.154. The third kappa shape index (κ3) is 3.31. The molecule has 1 atom stereocenters. The number of pyridine rings is 1. The van der Waals surface area contributed by atoms with E-state index in [1.54, 1.807) is 18.0 Å². The second-order valence-corrected chi connectivity index (χ2v) is 5.67. The zero-order chi connectivity index (χ0) is 12.3. The van der Waals surface area contributed by atoms with Gasteiger partial charge in [0.2, 0.25) is 0 Å². The van der Waals surface area contributed by atoms with Crippen molar-refractivity contribution in [3.05, 3.63) is 52.6 Å². The molecule has 2 nitrogen and oxygen atoms in total. The minimum Gasteiger partial charge on any atom is -0.324 e. The Hall–Kier alpha value is -0.840. The average Bonchev–Trinajstić information content (AvgIpc) is 2.33. The molecule has 4 heteroatoms. The predicted octanol–water partition coefficient (Wildman–Crippen LogP) is 4.02. The minimum atomic E-state index is 0.0793. The van der Waals surface area contributed by atoms with E-state index in [0.717, 1.165) is 20.0 Å². The Morgan fingerprint density at radius 2 is 1.94 bits per heavy atom. The maximum atomic E-state index is 5.81. The van der Waals surface area contributed by atoms with Gasteiger partial charge in [-0.1, -0.05) is 23.9 Å². The maximum absolute atomic E-state index is 5.81. The number of hydrogen-bond acceptors (Lipinski definition) is 3. The molecule has 2 aromatic rings. The van der Waals surface area contributed by atoms with E-state index in [1.165, 1.54) is 0 Å². The van der Waals surface area contributed by atoms with Gasteiger partial charge in [-0.3, -0.25) is 0 Å². The summed E-state index contributed by atoms with van der Waals surface area (Å²) in [5.41, 5.74) is 6.96. The molecule has 0 amide bonds. The first-order valence-corrected chi connectivity index (χ1v) is 6.91. The zero-order valence-electron chi connectivity index (χ0n) is 9.43. The summed E-state index contributed by atoms with van der Waals surface area (Å²) in [6, 6.07) is 12.2. The minimum absolute atomic E-state index is 0.0793. The van der Waals surface area contributed by atoms with Crippen LogP contribution in [0.2, 0.25) is 0 Å². The normalized spacial score (nSPS) is 12.4. The van der Waals surface area contributed by atoms with Gasteiger partial charge in [0, 0.05) is 17.1 Å². The number of aromatic nitrogens is 1. The molecule has 0 aliphatic heterocycles. The highest BCUT2D eigenvalue weighted by Gasteiger charge is 2.04. The molecule has 2 rings (SSSR count). The third-order valence-electron chi connectivity index (χ3n) is 2.35. The summed E-state index contributed by atoms with van der Waals surface area (Å²) in [6.45, 7) is 1.98. The number of hydrogen-bond donors (Lipinski definition) is 1. The van der Waals surface area contributed by atoms with Crippen LogP contribution >= 0.6 is 27.7 Å². The second-order valence-electron chi connectivity index (χ2n) is 3.75. The van der Waals surface area contributed by atoms with Crippen LogP contribution in [0.4, 0.5) is 0 Å². The van der Waals surface area contributed by atoms with Crippen LogP contribution in [-0.4, -0.2) is 4.98 Å². The summed E-state index contributed by atoms with van der Waals surface area (Å²) in [7, 11) is 0. The van der Waals surface area contributed by atoms with Gasteiger partial charge in [0.1, 0.15) is 5.03 Å². The van der Waals surface area contributed by atoms with Crippen molar-refractivity contribution in [2.24, 2.45) is 5.73 Å². The first-order valence-electron chi connectivity index (χ1n) is 5.31. The van der Waals surface area contributed by atoms with E-state index in [1.807, 2.05) is 19.1 Å². The molecular formula is C13H13BrN2S. The molecule has 0 saturated heterocycles. The Bertz CT molecular complexity index is 497. The summed E-state index contributed by atoms with van der Waals surface area (Å²) >= 11 is 5.12. The van der Waals surface area contributed by atoms with E-state index < -0.39 is 0 Å². The van der Waals surface area contributed by atoms with E-state index in [4.69, 9.17) is 5.73 Å². The van der Waals surface area contributed by atoms with E-state index in [0.29, 0.717) is 0 Å². The lowest BCUT2D eigenvalue weighted by molar-refractivity contribution is 0.817. The quantitative estimate of drug-likeness (QED) is 0.931. The molecule has 0 bridgehead atoms. The van der Waals surface area contributed by atoms with Gasteiger partial charge in [-0.25, -0.2) is 4.98 Å². The highest BCUT2D eigenvalue weighted by atomic mass is 79.9. The second kappa shape index (κ2) is 5.67. The molecule has 1 aromatic heterocycles. The molecule has 0 fully saturated rings. The SMILES string of the molecule is C[C@H](N)c1ccc(Sc2ncccc2Br)cc1. The Morgan fingerprint density at radius 3 is 2.53 bits per heavy atom. The smallest absolute Gasteiger partial charge is 0.115 e. The monoisotopic (exact) mass is 308 g/mol. The molecule has 0 saturated carbocycles. The van der Waals surface area contributed by atoms with Gasteiger partial charge in [-0.05, 0) is 52.7 Å². The van der Waals surface area contributed by atoms with Crippen molar-refractivity contribution in [1.29, 1.82) is 0 Å². The molecule has 17 heavy (non-hydrogen) atoms. The van der Waals surface area contributed by atoms with Crippen molar-refractivity contribution >= 4 is 27.7 Å². The van der Waals surface area contributed by atoms with Crippen LogP contribution in [0.15, 0.2) is 57.0 Å². The Kier molecular flexibility index (Phi) is 4.20. The molecule has 0 aliphatic carbocycles. The van der Waals surface area contributed by atoms with E-state index in [2.05, 4.69) is 45.2 Å². The predicted molar refractivity (Wildman–Crippen MR) is 75.1 cm³/mol. The van der Waals surface area contributed by atoms with Crippen molar-refractivity contribution in [2.75, 3.05) is 0 Å². The van der Waals surface area contributed by atoms with Crippen LogP contribution in [0.3, 0.4) is 0 Å². The third-order valence-corrected chi connectivity index (χ3v) is 4.27. The Balaban J connectivity index is 2.17. The van der Waals surface area contributed by atoms with Crippen molar-refractivity contribution in [3.63, 3.8) is 0 Å². The molecule has 1 aromatic carbocycles. The summed E-state index contributed by atoms with van der Waals surface area (Å²) in [6.07, 6.45) is 1.80. The molecular weight excluding hydrogens is 296 g/mol. The fourth-order valence-corrected chi connectivity index (χ4v) is 2.67. The van der Waals surface area contributed by atoms with Gasteiger partial charge in [0.05, 0.1) is 4.47 Å². The average molecular weight is 309 g/mol. The first kappa shape index (κ1) is 12.6. The van der Waals surface area contributed by atoms with Gasteiger partial charge in [0.25, 0.3) is 0 Å². The van der Waals surface area contributed by atoms with Crippen molar-refractivity contribution in [2.45, 2.75) is 22.9 Å². The number of nitrogens with zero attached hydrogens (tertiary/aromatic N) is 1. The van der Waals surface area contributed by atoms with Crippen LogP contribution in [0.5, 0.6) is 0 Å². The lowest BCUT2D eigenvalue weighted by Crippen LogP contribution is -2.04. The molecule has 2 N–H and O–H groups in total. The van der Waals surface area contributed by atoms with Crippen LogP contribution in [0, 0.1) is 0 Å². The molecule has 0 spiro atoms. The summed E-state index contributed by atoms with van der Waals surface area (Å²) < 4.78 is 1.02. The van der Waals surface area contributed by atoms with Gasteiger partial charge in [-0.2, -0.15) is 0 Å². The van der Waals surface area contributed by atoms with E-state index in [-0.39, 0.29) is 6.04 Å². The molecule has 0 radical (unpaired) electrons. The largest absolute Gasteiger partial charge is 0.324 e. The highest BCUT2D eigenvalue weighted by Crippen LogP contribution is 2.31. The van der Waals surface area contributed by atoms with Crippen LogP contribution < -0.4 is 5.73 Å². The summed E-state index contributed by atoms with van der Waals surface area (Å²) in [5.74, 6) is 0. The van der Waals surface area contributed by atoms with Crippen LogP contribution in [0.25, 0.3) is 0 Å². The van der Waals surface area contributed by atoms with Crippen molar-refractivity contribution < 1.29 is 0 Å². The van der Waals surface area contributed by atoms with Crippen LogP contribution in [-0.2, 0) is 0 Å². The van der Waals surface area contributed by atoms with Gasteiger partial charge in [0.15, 0.2) is 0 Å². The van der Waals surface area contributed by atoms with E-state index in [9.17, 15) is 0 Å². The summed E-state index contributed by atoms with van der Waals surface area (Å²) in [5, 5.41) is 0.973. The lowest BCUT2D eigenvalue weighted by atomic mass is 10.1. The lowest BCUT2D eigenvalue weighted by Gasteiger charge is -2.07. The van der Waals surface area contributed by atoms with Crippen molar-refractivity contribution in [3.8, 4) is 0 Å². The fourth-order valence-electron chi connectivity index (χ4n) is 1.40.